The zero-order valence-electron chi connectivity index (χ0n) is 5.41. The van der Waals surface area contributed by atoms with Crippen LogP contribution < -0.4 is 5.32 Å². The van der Waals surface area contributed by atoms with Crippen LogP contribution in [0.2, 0.25) is 0 Å². The molecular weight excluding hydrogens is 134 g/mol. The summed E-state index contributed by atoms with van der Waals surface area (Å²) in [5.41, 5.74) is 0. The van der Waals surface area contributed by atoms with Gasteiger partial charge in [0.05, 0.1) is 12.7 Å². The van der Waals surface area contributed by atoms with Crippen molar-refractivity contribution < 1.29 is 14.6 Å². The van der Waals surface area contributed by atoms with Gasteiger partial charge in [-0.3, -0.25) is 10.1 Å². The topological polar surface area (TPSA) is 58.6 Å². The van der Waals surface area contributed by atoms with Gasteiger partial charge in [-0.25, -0.2) is 0 Å². The van der Waals surface area contributed by atoms with E-state index in [0.29, 0.717) is 6.61 Å². The Morgan fingerprint density at radius 2 is 2.50 bits per heavy atom. The van der Waals surface area contributed by atoms with Crippen molar-refractivity contribution in [3.05, 3.63) is 0 Å². The van der Waals surface area contributed by atoms with Gasteiger partial charge < -0.3 is 9.84 Å². The fourth-order valence-electron chi connectivity index (χ4n) is 1.60. The van der Waals surface area contributed by atoms with Crippen molar-refractivity contribution in [1.82, 2.24) is 5.32 Å². The Labute approximate surface area is 58.2 Å². The number of carbonyl (C=O) groups is 1. The third kappa shape index (κ3) is 0.726. The lowest BCUT2D eigenvalue weighted by atomic mass is 10.2. The van der Waals surface area contributed by atoms with E-state index in [-0.39, 0.29) is 12.1 Å². The number of morpholine rings is 1. The average Bonchev–Trinajstić information content (AvgIpc) is 2.44. The first-order chi connectivity index (χ1) is 4.77. The molecule has 3 unspecified atom stereocenters. The molecule has 2 aliphatic heterocycles. The minimum absolute atomic E-state index is 0.0810. The van der Waals surface area contributed by atoms with E-state index in [9.17, 15) is 4.79 Å². The van der Waals surface area contributed by atoms with Crippen LogP contribution in [-0.4, -0.2) is 35.9 Å². The third-order valence-corrected chi connectivity index (χ3v) is 2.08. The highest BCUT2D eigenvalue weighted by Crippen LogP contribution is 2.24. The first-order valence-electron chi connectivity index (χ1n) is 3.38. The summed E-state index contributed by atoms with van der Waals surface area (Å²) in [6.07, 6.45) is 0.777. The van der Waals surface area contributed by atoms with Crippen molar-refractivity contribution in [2.75, 3.05) is 6.61 Å². The molecule has 4 nitrogen and oxygen atoms in total. The number of hydrogen-bond acceptors (Lipinski definition) is 3. The molecule has 0 radical (unpaired) electrons. The van der Waals surface area contributed by atoms with E-state index in [2.05, 4.69) is 5.32 Å². The van der Waals surface area contributed by atoms with Crippen LogP contribution in [-0.2, 0) is 9.53 Å². The normalized spacial score (nSPS) is 44.2. The van der Waals surface area contributed by atoms with E-state index in [0.717, 1.165) is 6.42 Å². The SMILES string of the molecule is O=C(O)C1NC2COC1C2. The Kier molecular flexibility index (Phi) is 1.18. The molecular formula is C6H9NO3. The van der Waals surface area contributed by atoms with Crippen molar-refractivity contribution >= 4 is 5.97 Å². The molecule has 0 aromatic rings. The van der Waals surface area contributed by atoms with Gasteiger partial charge in [0.25, 0.3) is 0 Å². The molecule has 0 aromatic carbocycles. The molecule has 0 aromatic heterocycles. The predicted octanol–water partition coefficient (Wildman–Crippen LogP) is -0.800. The molecule has 2 saturated heterocycles. The Balaban J connectivity index is 2.08. The van der Waals surface area contributed by atoms with Crippen molar-refractivity contribution in [3.63, 3.8) is 0 Å². The van der Waals surface area contributed by atoms with Gasteiger partial charge in [0.1, 0.15) is 6.04 Å². The molecule has 0 amide bonds. The second kappa shape index (κ2) is 1.93. The molecule has 10 heavy (non-hydrogen) atoms. The lowest BCUT2D eigenvalue weighted by Gasteiger charge is -2.18. The molecule has 0 aliphatic carbocycles. The summed E-state index contributed by atoms with van der Waals surface area (Å²) >= 11 is 0. The van der Waals surface area contributed by atoms with Crippen LogP contribution in [0.4, 0.5) is 0 Å². The number of rotatable bonds is 1. The Morgan fingerprint density at radius 3 is 2.80 bits per heavy atom. The first-order valence-corrected chi connectivity index (χ1v) is 3.38. The maximum Gasteiger partial charge on any atom is 0.323 e. The molecule has 0 spiro atoms. The Bertz CT molecular complexity index is 170. The molecule has 2 aliphatic rings. The monoisotopic (exact) mass is 143 g/mol. The summed E-state index contributed by atoms with van der Waals surface area (Å²) in [6, 6.07) is -0.176. The van der Waals surface area contributed by atoms with E-state index < -0.39 is 12.0 Å². The van der Waals surface area contributed by atoms with Gasteiger partial charge in [0.2, 0.25) is 0 Å². The highest BCUT2D eigenvalue weighted by molar-refractivity contribution is 5.75. The van der Waals surface area contributed by atoms with Crippen LogP contribution in [0.25, 0.3) is 0 Å². The van der Waals surface area contributed by atoms with Crippen LogP contribution in [0.15, 0.2) is 0 Å². The number of fused-ring (bicyclic) bond motifs is 2. The molecule has 2 bridgehead atoms. The minimum Gasteiger partial charge on any atom is -0.480 e. The van der Waals surface area contributed by atoms with Gasteiger partial charge in [-0.2, -0.15) is 0 Å². The summed E-state index contributed by atoms with van der Waals surface area (Å²) < 4.78 is 5.18. The largest absolute Gasteiger partial charge is 0.480 e. The zero-order chi connectivity index (χ0) is 7.14. The first kappa shape index (κ1) is 6.12. The van der Waals surface area contributed by atoms with Crippen molar-refractivity contribution in [2.24, 2.45) is 0 Å². The molecule has 0 saturated carbocycles. The van der Waals surface area contributed by atoms with Gasteiger partial charge in [-0.05, 0) is 6.42 Å². The summed E-state index contributed by atoms with van der Waals surface area (Å²) in [7, 11) is 0. The molecule has 4 heteroatoms. The van der Waals surface area contributed by atoms with Crippen LogP contribution in [0.1, 0.15) is 6.42 Å². The predicted molar refractivity (Wildman–Crippen MR) is 32.7 cm³/mol. The smallest absolute Gasteiger partial charge is 0.323 e. The van der Waals surface area contributed by atoms with Gasteiger partial charge in [-0.1, -0.05) is 0 Å². The number of nitrogens with one attached hydrogen (secondary N) is 1. The fourth-order valence-corrected chi connectivity index (χ4v) is 1.60. The van der Waals surface area contributed by atoms with Crippen molar-refractivity contribution in [3.8, 4) is 0 Å². The van der Waals surface area contributed by atoms with Gasteiger partial charge >= 0.3 is 5.97 Å². The van der Waals surface area contributed by atoms with E-state index in [1.807, 2.05) is 0 Å². The molecule has 2 heterocycles. The summed E-state index contributed by atoms with van der Waals surface area (Å²) in [5.74, 6) is -0.799. The highest BCUT2D eigenvalue weighted by atomic mass is 16.5. The van der Waals surface area contributed by atoms with Gasteiger partial charge in [0, 0.05) is 6.04 Å². The Hall–Kier alpha value is -0.610. The van der Waals surface area contributed by atoms with E-state index in [4.69, 9.17) is 9.84 Å². The van der Waals surface area contributed by atoms with Crippen LogP contribution in [0, 0.1) is 0 Å². The van der Waals surface area contributed by atoms with E-state index in [1.54, 1.807) is 0 Å². The standard InChI is InChI=1S/C6H9NO3/c8-6(9)5-4-1-3(7-5)2-10-4/h3-5,7H,1-2H2,(H,8,9). The number of aliphatic carboxylic acids is 1. The molecule has 2 fully saturated rings. The highest BCUT2D eigenvalue weighted by Gasteiger charge is 2.44. The lowest BCUT2D eigenvalue weighted by molar-refractivity contribution is -0.143. The quantitative estimate of drug-likeness (QED) is 0.504. The fraction of sp³-hybridized carbons (Fsp3) is 0.833. The van der Waals surface area contributed by atoms with Crippen molar-refractivity contribution in [1.29, 1.82) is 0 Å². The Morgan fingerprint density at radius 1 is 1.70 bits per heavy atom. The second-order valence-electron chi connectivity index (χ2n) is 2.79. The van der Waals surface area contributed by atoms with Gasteiger partial charge in [-0.15, -0.1) is 0 Å². The molecule has 2 rings (SSSR count). The lowest BCUT2D eigenvalue weighted by Crippen LogP contribution is -2.46. The summed E-state index contributed by atoms with van der Waals surface area (Å²) in [5, 5.41) is 11.6. The molecule has 56 valence electrons. The van der Waals surface area contributed by atoms with Crippen LogP contribution in [0.3, 0.4) is 0 Å². The number of hydrogen-bond donors (Lipinski definition) is 2. The maximum absolute atomic E-state index is 10.4. The van der Waals surface area contributed by atoms with Gasteiger partial charge in [0.15, 0.2) is 0 Å². The van der Waals surface area contributed by atoms with Crippen LogP contribution in [0.5, 0.6) is 0 Å². The average molecular weight is 143 g/mol. The molecule has 3 atom stereocenters. The minimum atomic E-state index is -0.799. The molecule has 2 N–H and O–H groups in total. The van der Waals surface area contributed by atoms with Crippen LogP contribution >= 0.6 is 0 Å². The number of ether oxygens (including phenoxy) is 1. The second-order valence-corrected chi connectivity index (χ2v) is 2.79. The zero-order valence-corrected chi connectivity index (χ0v) is 5.41. The summed E-state index contributed by atoms with van der Waals surface area (Å²) in [6.45, 7) is 0.675. The number of carboxylic acid groups (broad SMARTS) is 1. The maximum atomic E-state index is 10.4. The third-order valence-electron chi connectivity index (χ3n) is 2.08. The summed E-state index contributed by atoms with van der Waals surface area (Å²) in [4.78, 5) is 10.4. The van der Waals surface area contributed by atoms with E-state index >= 15 is 0 Å². The van der Waals surface area contributed by atoms with E-state index in [1.165, 1.54) is 0 Å². The number of carboxylic acids is 1. The van der Waals surface area contributed by atoms with Crippen molar-refractivity contribution in [2.45, 2.75) is 24.6 Å².